The Morgan fingerprint density at radius 3 is 2.52 bits per heavy atom. The third-order valence-electron chi connectivity index (χ3n) is 4.18. The van der Waals surface area contributed by atoms with Crippen LogP contribution in [0.25, 0.3) is 22.2 Å². The summed E-state index contributed by atoms with van der Waals surface area (Å²) in [6, 6.07) is 15.0. The minimum Gasteiger partial charge on any atom is -0.457 e. The van der Waals surface area contributed by atoms with Gasteiger partial charge in [0, 0.05) is 17.0 Å². The molecule has 6 nitrogen and oxygen atoms in total. The van der Waals surface area contributed by atoms with Crippen LogP contribution in [0, 0.1) is 5.82 Å². The number of hydrogen-bond donors (Lipinski definition) is 1. The first kappa shape index (κ1) is 19.3. The number of nitrogens with two attached hydrogens (primary N) is 1. The van der Waals surface area contributed by atoms with E-state index >= 15 is 0 Å². The van der Waals surface area contributed by atoms with Crippen LogP contribution in [0.15, 0.2) is 71.9 Å². The predicted molar refractivity (Wildman–Crippen MR) is 108 cm³/mol. The van der Waals surface area contributed by atoms with Gasteiger partial charge in [0.2, 0.25) is 10.0 Å². The van der Waals surface area contributed by atoms with Crippen molar-refractivity contribution in [2.75, 3.05) is 0 Å². The van der Waals surface area contributed by atoms with E-state index in [4.69, 9.17) is 21.5 Å². The number of ether oxygens (including phenoxy) is 1. The first-order chi connectivity index (χ1) is 13.8. The summed E-state index contributed by atoms with van der Waals surface area (Å²) in [4.78, 5) is 8.28. The van der Waals surface area contributed by atoms with Crippen LogP contribution < -0.4 is 9.88 Å². The van der Waals surface area contributed by atoms with Gasteiger partial charge < -0.3 is 4.74 Å². The van der Waals surface area contributed by atoms with Crippen LogP contribution in [0.1, 0.15) is 0 Å². The molecule has 0 unspecified atom stereocenters. The highest BCUT2D eigenvalue weighted by Crippen LogP contribution is 2.34. The lowest BCUT2D eigenvalue weighted by Crippen LogP contribution is -2.11. The summed E-state index contributed by atoms with van der Waals surface area (Å²) in [7, 11) is -3.87. The first-order valence-electron chi connectivity index (χ1n) is 8.33. The molecule has 1 aromatic heterocycles. The van der Waals surface area contributed by atoms with Gasteiger partial charge in [-0.2, -0.15) is 0 Å². The fourth-order valence-corrected chi connectivity index (χ4v) is 3.64. The average Bonchev–Trinajstić information content (AvgIpc) is 2.69. The Bertz CT molecular complexity index is 1350. The van der Waals surface area contributed by atoms with Crippen LogP contribution >= 0.6 is 11.6 Å². The molecule has 2 N–H and O–H groups in total. The first-order valence-corrected chi connectivity index (χ1v) is 10.3. The molecule has 0 saturated carbocycles. The molecule has 0 aliphatic rings. The minimum absolute atomic E-state index is 0.0891. The summed E-state index contributed by atoms with van der Waals surface area (Å²) in [6.07, 6.45) is 1.31. The van der Waals surface area contributed by atoms with Crippen molar-refractivity contribution in [1.82, 2.24) is 9.97 Å². The maximum atomic E-state index is 14.6. The largest absolute Gasteiger partial charge is 0.457 e. The van der Waals surface area contributed by atoms with Gasteiger partial charge in [-0.25, -0.2) is 27.9 Å². The van der Waals surface area contributed by atoms with E-state index in [0.717, 1.165) is 0 Å². The molecule has 0 spiro atoms. The second kappa shape index (κ2) is 7.40. The van der Waals surface area contributed by atoms with E-state index in [1.165, 1.54) is 42.7 Å². The highest BCUT2D eigenvalue weighted by molar-refractivity contribution is 7.89. The standard InChI is InChI=1S/C20H13ClFN3O3S/c21-17-6-2-5-15-19(24-11-25-20(15)17)16-10-13(7-8-18(16)22)28-12-3-1-4-14(9-12)29(23,26)27/h1-11H,(H2,23,26,27). The molecule has 3 aromatic carbocycles. The molecule has 4 rings (SSSR count). The highest BCUT2D eigenvalue weighted by atomic mass is 35.5. The van der Waals surface area contributed by atoms with E-state index in [0.29, 0.717) is 27.4 Å². The molecule has 0 fully saturated rings. The van der Waals surface area contributed by atoms with Gasteiger partial charge in [0.1, 0.15) is 23.6 Å². The van der Waals surface area contributed by atoms with E-state index in [1.807, 2.05) is 0 Å². The Morgan fingerprint density at radius 2 is 1.72 bits per heavy atom. The molecule has 0 atom stereocenters. The molecule has 0 bridgehead atoms. The predicted octanol–water partition coefficient (Wildman–Crippen LogP) is 4.53. The van der Waals surface area contributed by atoms with E-state index in [2.05, 4.69) is 9.97 Å². The number of hydrogen-bond acceptors (Lipinski definition) is 5. The van der Waals surface area contributed by atoms with Crippen molar-refractivity contribution >= 4 is 32.5 Å². The number of primary sulfonamides is 1. The Balaban J connectivity index is 1.78. The molecule has 0 amide bonds. The van der Waals surface area contributed by atoms with Crippen LogP contribution in [0.2, 0.25) is 5.02 Å². The van der Waals surface area contributed by atoms with E-state index in [1.54, 1.807) is 24.3 Å². The number of benzene rings is 3. The molecule has 0 aliphatic heterocycles. The van der Waals surface area contributed by atoms with Gasteiger partial charge in [-0.1, -0.05) is 29.8 Å². The van der Waals surface area contributed by atoms with Crippen LogP contribution in [0.5, 0.6) is 11.5 Å². The Morgan fingerprint density at radius 1 is 0.966 bits per heavy atom. The third-order valence-corrected chi connectivity index (χ3v) is 5.39. The fourth-order valence-electron chi connectivity index (χ4n) is 2.87. The van der Waals surface area contributed by atoms with Crippen LogP contribution in [-0.4, -0.2) is 18.4 Å². The molecule has 146 valence electrons. The smallest absolute Gasteiger partial charge is 0.238 e. The number of halogens is 2. The quantitative estimate of drug-likeness (QED) is 0.514. The molecular weight excluding hydrogens is 417 g/mol. The van der Waals surface area contributed by atoms with Gasteiger partial charge >= 0.3 is 0 Å². The normalized spacial score (nSPS) is 11.6. The fraction of sp³-hybridized carbons (Fsp3) is 0. The van der Waals surface area contributed by atoms with Crippen molar-refractivity contribution in [3.8, 4) is 22.8 Å². The summed E-state index contributed by atoms with van der Waals surface area (Å²) in [5.41, 5.74) is 1.06. The molecule has 29 heavy (non-hydrogen) atoms. The zero-order valence-electron chi connectivity index (χ0n) is 14.7. The SMILES string of the molecule is NS(=O)(=O)c1cccc(Oc2ccc(F)c(-c3ncnc4c(Cl)cccc34)c2)c1. The summed E-state index contributed by atoms with van der Waals surface area (Å²) >= 11 is 6.18. The second-order valence-corrected chi connectivity index (χ2v) is 8.09. The summed E-state index contributed by atoms with van der Waals surface area (Å²) in [6.45, 7) is 0. The van der Waals surface area contributed by atoms with Crippen LogP contribution in [0.4, 0.5) is 4.39 Å². The third kappa shape index (κ3) is 3.91. The maximum absolute atomic E-state index is 14.6. The average molecular weight is 430 g/mol. The number of rotatable bonds is 4. The van der Waals surface area contributed by atoms with Crippen molar-refractivity contribution in [1.29, 1.82) is 0 Å². The second-order valence-electron chi connectivity index (χ2n) is 6.12. The Labute approximate surface area is 170 Å². The van der Waals surface area contributed by atoms with Crippen molar-refractivity contribution in [3.63, 3.8) is 0 Å². The topological polar surface area (TPSA) is 95.2 Å². The van der Waals surface area contributed by atoms with Crippen molar-refractivity contribution in [2.24, 2.45) is 5.14 Å². The zero-order chi connectivity index (χ0) is 20.6. The number of aromatic nitrogens is 2. The minimum atomic E-state index is -3.87. The molecule has 9 heteroatoms. The summed E-state index contributed by atoms with van der Waals surface area (Å²) < 4.78 is 43.4. The van der Waals surface area contributed by atoms with Crippen molar-refractivity contribution < 1.29 is 17.5 Å². The van der Waals surface area contributed by atoms with Crippen LogP contribution in [0.3, 0.4) is 0 Å². The number of nitrogens with zero attached hydrogens (tertiary/aromatic N) is 2. The Hall–Kier alpha value is -3.07. The van der Waals surface area contributed by atoms with Gasteiger partial charge in [0.25, 0.3) is 0 Å². The number of para-hydroxylation sites is 1. The van der Waals surface area contributed by atoms with Gasteiger partial charge in [-0.15, -0.1) is 0 Å². The molecule has 0 aliphatic carbocycles. The number of sulfonamides is 1. The van der Waals surface area contributed by atoms with Gasteiger partial charge in [-0.3, -0.25) is 0 Å². The summed E-state index contributed by atoms with van der Waals surface area (Å²) in [5, 5.41) is 6.17. The van der Waals surface area contributed by atoms with E-state index in [9.17, 15) is 12.8 Å². The van der Waals surface area contributed by atoms with Gasteiger partial charge in [0.15, 0.2) is 0 Å². The molecule has 0 radical (unpaired) electrons. The van der Waals surface area contributed by atoms with Crippen LogP contribution in [-0.2, 0) is 10.0 Å². The lowest BCUT2D eigenvalue weighted by Gasteiger charge is -2.11. The van der Waals surface area contributed by atoms with Crippen molar-refractivity contribution in [2.45, 2.75) is 4.90 Å². The lowest BCUT2D eigenvalue weighted by molar-refractivity contribution is 0.479. The molecule has 0 saturated heterocycles. The molecular formula is C20H13ClFN3O3S. The molecule has 4 aromatic rings. The maximum Gasteiger partial charge on any atom is 0.238 e. The Kier molecular flexibility index (Phi) is 4.91. The van der Waals surface area contributed by atoms with Gasteiger partial charge in [-0.05, 0) is 36.4 Å². The lowest BCUT2D eigenvalue weighted by atomic mass is 10.1. The highest BCUT2D eigenvalue weighted by Gasteiger charge is 2.15. The molecule has 1 heterocycles. The zero-order valence-corrected chi connectivity index (χ0v) is 16.3. The van der Waals surface area contributed by atoms with Gasteiger partial charge in [0.05, 0.1) is 21.1 Å². The monoisotopic (exact) mass is 429 g/mol. The number of fused-ring (bicyclic) bond motifs is 1. The van der Waals surface area contributed by atoms with Crippen molar-refractivity contribution in [3.05, 3.63) is 77.8 Å². The van der Waals surface area contributed by atoms with E-state index < -0.39 is 15.8 Å². The van der Waals surface area contributed by atoms with E-state index in [-0.39, 0.29) is 16.2 Å². The summed E-state index contributed by atoms with van der Waals surface area (Å²) in [5.74, 6) is 0.0297.